The molecule has 0 saturated heterocycles. The number of hydrogen-bond acceptors (Lipinski definition) is 3. The van der Waals surface area contributed by atoms with Gasteiger partial charge in [0.1, 0.15) is 5.69 Å². The van der Waals surface area contributed by atoms with Crippen LogP contribution in [0.4, 0.5) is 10.2 Å². The van der Waals surface area contributed by atoms with Crippen molar-refractivity contribution in [3.8, 4) is 11.3 Å². The van der Waals surface area contributed by atoms with E-state index in [0.717, 1.165) is 8.45 Å². The van der Waals surface area contributed by atoms with Crippen LogP contribution in [0.25, 0.3) is 11.3 Å². The molecule has 74 valence electrons. The van der Waals surface area contributed by atoms with E-state index in [1.165, 1.54) is 4.68 Å². The van der Waals surface area contributed by atoms with Gasteiger partial charge in [0, 0.05) is 18.0 Å². The molecule has 0 unspecified atom stereocenters. The lowest BCUT2D eigenvalue weighted by Crippen LogP contribution is -1.97. The largest absolute Gasteiger partial charge is 0.381 e. The Kier molecular flexibility index (Phi) is 2.48. The molecule has 0 bridgehead atoms. The highest BCUT2D eigenvalue weighted by Crippen LogP contribution is 2.29. The summed E-state index contributed by atoms with van der Waals surface area (Å²) in [7, 11) is 1.62. The van der Waals surface area contributed by atoms with E-state index in [2.05, 4.69) is 27.7 Å². The van der Waals surface area contributed by atoms with Gasteiger partial charge in [-0.05, 0) is 28.7 Å². The molecule has 0 radical (unpaired) electrons. The van der Waals surface area contributed by atoms with Crippen molar-refractivity contribution in [1.29, 1.82) is 0 Å². The molecule has 0 atom stereocenters. The van der Waals surface area contributed by atoms with Crippen molar-refractivity contribution in [2.45, 2.75) is 0 Å². The van der Waals surface area contributed by atoms with Crippen molar-refractivity contribution in [2.75, 3.05) is 5.73 Å². The molecule has 3 nitrogen and oxygen atoms in total. The van der Waals surface area contributed by atoms with E-state index in [-0.39, 0.29) is 5.82 Å². The molecule has 0 aromatic carbocycles. The third-order valence-corrected chi connectivity index (χ3v) is 3.66. The second-order valence-corrected chi connectivity index (χ2v) is 5.62. The fourth-order valence-electron chi connectivity index (χ4n) is 1.13. The van der Waals surface area contributed by atoms with Crippen LogP contribution in [-0.4, -0.2) is 9.78 Å². The second-order valence-electron chi connectivity index (χ2n) is 2.81. The number of nitrogens with two attached hydrogens (primary N) is 1. The van der Waals surface area contributed by atoms with Gasteiger partial charge in [0.05, 0.1) is 2.88 Å². The number of nitrogen functional groups attached to an aromatic ring is 1. The summed E-state index contributed by atoms with van der Waals surface area (Å²) in [6, 6.07) is 1.88. The van der Waals surface area contributed by atoms with E-state index in [1.54, 1.807) is 18.4 Å². The predicted octanol–water partition coefficient (Wildman–Crippen LogP) is 2.47. The summed E-state index contributed by atoms with van der Waals surface area (Å²) in [5.41, 5.74) is 6.58. The van der Waals surface area contributed by atoms with Crippen LogP contribution in [0.3, 0.4) is 0 Å². The molecule has 6 heteroatoms. The number of rotatable bonds is 1. The number of hydrogen-bond donors (Lipinski definition) is 1. The molecule has 2 heterocycles. The first-order valence-corrected chi connectivity index (χ1v) is 5.78. The lowest BCUT2D eigenvalue weighted by atomic mass is 10.2. The molecule has 2 rings (SSSR count). The van der Waals surface area contributed by atoms with Gasteiger partial charge in [-0.15, -0.1) is 11.3 Å². The van der Waals surface area contributed by atoms with E-state index in [4.69, 9.17) is 5.73 Å². The highest BCUT2D eigenvalue weighted by atomic mass is 127. The molecule has 2 aromatic rings. The summed E-state index contributed by atoms with van der Waals surface area (Å²) in [6.07, 6.45) is 0. The quantitative estimate of drug-likeness (QED) is 0.820. The van der Waals surface area contributed by atoms with Crippen molar-refractivity contribution in [2.24, 2.45) is 7.05 Å². The Hall–Kier alpha value is -0.630. The molecule has 14 heavy (non-hydrogen) atoms. The highest BCUT2D eigenvalue weighted by Gasteiger charge is 2.15. The van der Waals surface area contributed by atoms with Crippen molar-refractivity contribution < 1.29 is 4.39 Å². The molecule has 0 aliphatic rings. The van der Waals surface area contributed by atoms with Gasteiger partial charge in [0.15, 0.2) is 11.6 Å². The van der Waals surface area contributed by atoms with Gasteiger partial charge >= 0.3 is 0 Å². The Labute approximate surface area is 97.9 Å². The molecule has 0 saturated carbocycles. The first kappa shape index (κ1) is 9.91. The van der Waals surface area contributed by atoms with Gasteiger partial charge in [0.25, 0.3) is 0 Å². The maximum atomic E-state index is 13.5. The third-order valence-electron chi connectivity index (χ3n) is 1.87. The summed E-state index contributed by atoms with van der Waals surface area (Å²) in [6.45, 7) is 0. The van der Waals surface area contributed by atoms with Gasteiger partial charge < -0.3 is 5.73 Å². The van der Waals surface area contributed by atoms with Crippen LogP contribution in [-0.2, 0) is 7.05 Å². The highest BCUT2D eigenvalue weighted by molar-refractivity contribution is 14.1. The van der Waals surface area contributed by atoms with Crippen LogP contribution in [0, 0.1) is 8.70 Å². The van der Waals surface area contributed by atoms with Crippen molar-refractivity contribution in [1.82, 2.24) is 9.78 Å². The maximum Gasteiger partial charge on any atom is 0.192 e. The second kappa shape index (κ2) is 3.50. The molecular weight excluding hydrogens is 316 g/mol. The topological polar surface area (TPSA) is 43.8 Å². The minimum Gasteiger partial charge on any atom is -0.381 e. The van der Waals surface area contributed by atoms with Gasteiger partial charge in [0.2, 0.25) is 0 Å². The summed E-state index contributed by atoms with van der Waals surface area (Å²) < 4.78 is 16.0. The van der Waals surface area contributed by atoms with Crippen LogP contribution in [0.5, 0.6) is 0 Å². The van der Waals surface area contributed by atoms with Gasteiger partial charge in [-0.25, -0.2) is 9.07 Å². The number of nitrogens with zero attached hydrogens (tertiary/aromatic N) is 2. The average molecular weight is 323 g/mol. The summed E-state index contributed by atoms with van der Waals surface area (Å²) >= 11 is 3.74. The van der Waals surface area contributed by atoms with Crippen molar-refractivity contribution in [3.05, 3.63) is 20.1 Å². The Morgan fingerprint density at radius 3 is 2.79 bits per heavy atom. The van der Waals surface area contributed by atoms with E-state index < -0.39 is 5.82 Å². The fourth-order valence-corrected chi connectivity index (χ4v) is 2.46. The molecule has 0 aliphatic heterocycles. The van der Waals surface area contributed by atoms with Crippen molar-refractivity contribution in [3.63, 3.8) is 0 Å². The third kappa shape index (κ3) is 1.52. The zero-order chi connectivity index (χ0) is 10.3. The molecular formula is C8H7FIN3S. The van der Waals surface area contributed by atoms with Crippen LogP contribution in [0.2, 0.25) is 0 Å². The Morgan fingerprint density at radius 2 is 2.36 bits per heavy atom. The van der Waals surface area contributed by atoms with E-state index in [9.17, 15) is 4.39 Å². The normalized spacial score (nSPS) is 10.8. The lowest BCUT2D eigenvalue weighted by Gasteiger charge is -1.88. The van der Waals surface area contributed by atoms with Crippen LogP contribution in [0.15, 0.2) is 11.4 Å². The number of halogens is 2. The zero-order valence-electron chi connectivity index (χ0n) is 7.29. The Morgan fingerprint density at radius 1 is 1.64 bits per heavy atom. The summed E-state index contributed by atoms with van der Waals surface area (Å²) in [5, 5.41) is 5.88. The molecule has 2 aromatic heterocycles. The van der Waals surface area contributed by atoms with Gasteiger partial charge in [-0.3, -0.25) is 0 Å². The number of aryl methyl sites for hydroxylation is 1. The summed E-state index contributed by atoms with van der Waals surface area (Å²) in [4.78, 5) is 0. The fraction of sp³-hybridized carbons (Fsp3) is 0.125. The standard InChI is InChI=1S/C8H7FIN3S/c1-13-8(11)6(9)7(12-13)4-2-5(10)14-3-4/h2-3H,11H2,1H3. The number of aromatic nitrogens is 2. The first-order valence-electron chi connectivity index (χ1n) is 3.82. The number of anilines is 1. The SMILES string of the molecule is Cn1nc(-c2csc(I)c2)c(F)c1N. The smallest absolute Gasteiger partial charge is 0.192 e. The number of thiophene rings is 1. The lowest BCUT2D eigenvalue weighted by molar-refractivity contribution is 0.634. The molecule has 0 aliphatic carbocycles. The summed E-state index contributed by atoms with van der Waals surface area (Å²) in [5.74, 6) is -0.372. The van der Waals surface area contributed by atoms with Crippen molar-refractivity contribution >= 4 is 39.7 Å². The van der Waals surface area contributed by atoms with E-state index in [0.29, 0.717) is 5.69 Å². The van der Waals surface area contributed by atoms with Gasteiger partial charge in [-0.1, -0.05) is 0 Å². The minimum absolute atomic E-state index is 0.0706. The minimum atomic E-state index is -0.443. The molecule has 0 amide bonds. The maximum absolute atomic E-state index is 13.5. The van der Waals surface area contributed by atoms with Crippen LogP contribution < -0.4 is 5.73 Å². The zero-order valence-corrected chi connectivity index (χ0v) is 10.3. The van der Waals surface area contributed by atoms with E-state index in [1.807, 2.05) is 11.4 Å². The first-order chi connectivity index (χ1) is 6.59. The van der Waals surface area contributed by atoms with Crippen LogP contribution >= 0.6 is 33.9 Å². The Bertz CT molecular complexity index is 477. The Balaban J connectivity index is 2.57. The molecule has 0 spiro atoms. The monoisotopic (exact) mass is 323 g/mol. The van der Waals surface area contributed by atoms with E-state index >= 15 is 0 Å². The predicted molar refractivity (Wildman–Crippen MR) is 63.6 cm³/mol. The average Bonchev–Trinajstić information content (AvgIpc) is 2.66. The molecule has 2 N–H and O–H groups in total. The molecule has 0 fully saturated rings. The van der Waals surface area contributed by atoms with Gasteiger partial charge in [-0.2, -0.15) is 5.10 Å². The van der Waals surface area contributed by atoms with Crippen LogP contribution in [0.1, 0.15) is 0 Å².